The van der Waals surface area contributed by atoms with Crippen LogP contribution in [-0.2, 0) is 12.8 Å². The Morgan fingerprint density at radius 3 is 1.81 bits per heavy atom. The highest BCUT2D eigenvalue weighted by molar-refractivity contribution is 6.13. The number of rotatable bonds is 5. The lowest BCUT2D eigenvalue weighted by molar-refractivity contribution is 0.686. The highest BCUT2D eigenvalue weighted by atomic mass is 15.1. The first-order chi connectivity index (χ1) is 26.1. The smallest absolute Gasteiger partial charge is 0.0541 e. The van der Waals surface area contributed by atoms with Crippen molar-refractivity contribution in [3.05, 3.63) is 168 Å². The van der Waals surface area contributed by atoms with Crippen LogP contribution in [0.3, 0.4) is 0 Å². The largest absolute Gasteiger partial charge is 0.310 e. The highest BCUT2D eigenvalue weighted by Crippen LogP contribution is 2.51. The second-order valence-electron chi connectivity index (χ2n) is 15.4. The molecule has 2 aliphatic rings. The van der Waals surface area contributed by atoms with Gasteiger partial charge in [-0.05, 0) is 171 Å². The van der Waals surface area contributed by atoms with Gasteiger partial charge in [-0.15, -0.1) is 0 Å². The molecule has 254 valence electrons. The topological polar surface area (TPSA) is 8.17 Å². The van der Waals surface area contributed by atoms with Crippen molar-refractivity contribution in [1.29, 1.82) is 0 Å². The van der Waals surface area contributed by atoms with Crippen LogP contribution in [0.2, 0.25) is 0 Å². The second-order valence-corrected chi connectivity index (χ2v) is 15.4. The number of benzene rings is 8. The van der Waals surface area contributed by atoms with Crippen molar-refractivity contribution in [3.8, 4) is 27.9 Å². The molecule has 1 heterocycles. The monoisotopic (exact) mass is 680 g/mol. The molecule has 0 radical (unpaired) electrons. The molecule has 11 rings (SSSR count). The number of aromatic nitrogens is 1. The third-order valence-corrected chi connectivity index (χ3v) is 12.0. The van der Waals surface area contributed by atoms with Gasteiger partial charge in [0.25, 0.3) is 0 Å². The van der Waals surface area contributed by atoms with Gasteiger partial charge in [0.15, 0.2) is 0 Å². The highest BCUT2D eigenvalue weighted by Gasteiger charge is 2.26. The molecule has 0 saturated carbocycles. The van der Waals surface area contributed by atoms with Gasteiger partial charge in [-0.1, -0.05) is 86.6 Å². The summed E-state index contributed by atoms with van der Waals surface area (Å²) in [4.78, 5) is 2.52. The normalized spacial score (nSPS) is 13.3. The Balaban J connectivity index is 1.02. The molecule has 2 aliphatic carbocycles. The van der Waals surface area contributed by atoms with E-state index < -0.39 is 0 Å². The SMILES string of the molecule is CC(C)c1cccc(N(c2ccc3cc4c(cc3c2)-c2cc3ccc(-n5c6ccccc6c6ccccc65)cc3cc2-4)c2cccc3c2CCCC3)c1. The standard InChI is InChI=1S/C51H40N2/c1-32(2)34-13-9-14-39(25-34)52(49-20-10-12-33-11-3-4-15-42(33)49)40-23-21-35-28-45-47(30-37(35)26-40)46-29-36-22-24-41(27-38(36)31-48(45)46)53-50-18-7-5-16-43(50)44-17-6-8-19-51(44)53/h5-10,12-14,16-32H,3-4,11,15H2,1-2H3. The first-order valence-electron chi connectivity index (χ1n) is 19.2. The summed E-state index contributed by atoms with van der Waals surface area (Å²) < 4.78 is 2.41. The predicted molar refractivity (Wildman–Crippen MR) is 226 cm³/mol. The first kappa shape index (κ1) is 30.5. The number of aryl methyl sites for hydroxylation is 1. The van der Waals surface area contributed by atoms with E-state index in [1.165, 1.54) is 124 Å². The van der Waals surface area contributed by atoms with Gasteiger partial charge in [0.05, 0.1) is 11.0 Å². The number of nitrogens with zero attached hydrogens (tertiary/aromatic N) is 2. The molecule has 8 aromatic carbocycles. The van der Waals surface area contributed by atoms with Gasteiger partial charge in [-0.2, -0.15) is 0 Å². The molecular weight excluding hydrogens is 641 g/mol. The molecule has 0 aliphatic heterocycles. The Bertz CT molecular complexity index is 2890. The summed E-state index contributed by atoms with van der Waals surface area (Å²) in [6.45, 7) is 4.57. The minimum atomic E-state index is 0.466. The van der Waals surface area contributed by atoms with E-state index in [0.717, 1.165) is 6.42 Å². The molecule has 0 fully saturated rings. The zero-order valence-electron chi connectivity index (χ0n) is 30.2. The molecule has 0 spiro atoms. The van der Waals surface area contributed by atoms with E-state index in [4.69, 9.17) is 0 Å². The Morgan fingerprint density at radius 1 is 0.491 bits per heavy atom. The predicted octanol–water partition coefficient (Wildman–Crippen LogP) is 14.2. The van der Waals surface area contributed by atoms with E-state index in [0.29, 0.717) is 5.92 Å². The summed E-state index contributed by atoms with van der Waals surface area (Å²) in [6, 6.07) is 57.3. The maximum atomic E-state index is 2.52. The van der Waals surface area contributed by atoms with E-state index in [-0.39, 0.29) is 0 Å². The second kappa shape index (κ2) is 11.7. The molecule has 0 saturated heterocycles. The average Bonchev–Trinajstić information content (AvgIpc) is 3.54. The lowest BCUT2D eigenvalue weighted by atomic mass is 9.78. The van der Waals surface area contributed by atoms with Crippen molar-refractivity contribution in [2.75, 3.05) is 4.90 Å². The lowest BCUT2D eigenvalue weighted by Crippen LogP contribution is -2.15. The van der Waals surface area contributed by atoms with Crippen molar-refractivity contribution in [2.45, 2.75) is 45.4 Å². The van der Waals surface area contributed by atoms with Gasteiger partial charge in [0, 0.05) is 33.5 Å². The third kappa shape index (κ3) is 4.71. The molecule has 0 atom stereocenters. The summed E-state index contributed by atoms with van der Waals surface area (Å²) in [5.41, 5.74) is 17.2. The van der Waals surface area contributed by atoms with E-state index >= 15 is 0 Å². The van der Waals surface area contributed by atoms with Crippen molar-refractivity contribution in [3.63, 3.8) is 0 Å². The zero-order valence-corrected chi connectivity index (χ0v) is 30.2. The van der Waals surface area contributed by atoms with Crippen LogP contribution in [0.15, 0.2) is 152 Å². The number of hydrogen-bond donors (Lipinski definition) is 0. The molecular formula is C51H40N2. The van der Waals surface area contributed by atoms with Crippen molar-refractivity contribution >= 4 is 60.4 Å². The van der Waals surface area contributed by atoms with E-state index in [2.05, 4.69) is 175 Å². The van der Waals surface area contributed by atoms with Gasteiger partial charge < -0.3 is 9.47 Å². The number of para-hydroxylation sites is 2. The summed E-state index contributed by atoms with van der Waals surface area (Å²) in [7, 11) is 0. The fourth-order valence-electron chi connectivity index (χ4n) is 9.30. The number of hydrogen-bond acceptors (Lipinski definition) is 1. The van der Waals surface area contributed by atoms with Crippen LogP contribution in [-0.4, -0.2) is 4.57 Å². The summed E-state index contributed by atoms with van der Waals surface area (Å²) >= 11 is 0. The minimum absolute atomic E-state index is 0.466. The van der Waals surface area contributed by atoms with Gasteiger partial charge in [0.2, 0.25) is 0 Å². The molecule has 0 amide bonds. The maximum absolute atomic E-state index is 2.52. The summed E-state index contributed by atoms with van der Waals surface area (Å²) in [5.74, 6) is 0.466. The van der Waals surface area contributed by atoms with Crippen LogP contribution in [0.1, 0.15) is 49.3 Å². The van der Waals surface area contributed by atoms with Crippen molar-refractivity contribution in [1.82, 2.24) is 4.57 Å². The Morgan fingerprint density at radius 2 is 1.09 bits per heavy atom. The van der Waals surface area contributed by atoms with Crippen LogP contribution < -0.4 is 4.90 Å². The minimum Gasteiger partial charge on any atom is -0.310 e. The van der Waals surface area contributed by atoms with E-state index in [1.807, 2.05) is 0 Å². The quantitative estimate of drug-likeness (QED) is 0.176. The number of fused-ring (bicyclic) bond motifs is 10. The molecule has 9 aromatic rings. The summed E-state index contributed by atoms with van der Waals surface area (Å²) in [6.07, 6.45) is 4.84. The Kier molecular flexibility index (Phi) is 6.73. The fourth-order valence-corrected chi connectivity index (χ4v) is 9.30. The Hall–Kier alpha value is -6.12. The van der Waals surface area contributed by atoms with Gasteiger partial charge in [0.1, 0.15) is 0 Å². The average molecular weight is 681 g/mol. The summed E-state index contributed by atoms with van der Waals surface area (Å²) in [5, 5.41) is 7.69. The van der Waals surface area contributed by atoms with E-state index in [9.17, 15) is 0 Å². The van der Waals surface area contributed by atoms with Crippen LogP contribution >= 0.6 is 0 Å². The molecule has 2 nitrogen and oxygen atoms in total. The van der Waals surface area contributed by atoms with Gasteiger partial charge in [-0.3, -0.25) is 0 Å². The first-order valence-corrected chi connectivity index (χ1v) is 19.2. The Labute approximate surface area is 310 Å². The maximum Gasteiger partial charge on any atom is 0.0541 e. The molecule has 2 heteroatoms. The molecule has 0 bridgehead atoms. The fraction of sp³-hybridized carbons (Fsp3) is 0.137. The molecule has 0 unspecified atom stereocenters. The molecule has 53 heavy (non-hydrogen) atoms. The molecule has 1 aromatic heterocycles. The van der Waals surface area contributed by atoms with Gasteiger partial charge in [-0.25, -0.2) is 0 Å². The van der Waals surface area contributed by atoms with Crippen LogP contribution in [0.25, 0.3) is 71.3 Å². The van der Waals surface area contributed by atoms with Crippen LogP contribution in [0.5, 0.6) is 0 Å². The third-order valence-electron chi connectivity index (χ3n) is 12.0. The van der Waals surface area contributed by atoms with Crippen LogP contribution in [0, 0.1) is 0 Å². The van der Waals surface area contributed by atoms with Crippen molar-refractivity contribution in [2.24, 2.45) is 0 Å². The molecule has 0 N–H and O–H groups in total. The van der Waals surface area contributed by atoms with Crippen molar-refractivity contribution < 1.29 is 0 Å². The number of anilines is 3. The van der Waals surface area contributed by atoms with Crippen LogP contribution in [0.4, 0.5) is 17.1 Å². The lowest BCUT2D eigenvalue weighted by Gasteiger charge is -2.31. The van der Waals surface area contributed by atoms with E-state index in [1.54, 1.807) is 0 Å². The zero-order chi connectivity index (χ0) is 35.2. The van der Waals surface area contributed by atoms with Gasteiger partial charge >= 0.3 is 0 Å².